The molecular weight excluding hydrogens is 392 g/mol. The standard InChI is InChI=1S/C19H14N6O3S/c1-24-9-8-20-19(24)29-16-7-6-12(10-15(16)25(27)28)11-21-23-17-13-4-2-3-5-14(13)22-18(17)26/h2-11H,1H3,(H,22,23,26)/b21-11+. The molecule has 3 aromatic rings. The second-order valence-corrected chi connectivity index (χ2v) is 7.11. The summed E-state index contributed by atoms with van der Waals surface area (Å²) < 4.78 is 1.78. The SMILES string of the molecule is Cn1ccnc1Sc1ccc(/C=N/N=C2/C(=O)Nc3ccccc32)cc1[N+](=O)[O-]. The number of nitro groups is 1. The number of amides is 1. The summed E-state index contributed by atoms with van der Waals surface area (Å²) in [4.78, 5) is 27.7. The van der Waals surface area contributed by atoms with Gasteiger partial charge in [0.25, 0.3) is 11.6 Å². The molecule has 1 aliphatic rings. The fourth-order valence-electron chi connectivity index (χ4n) is 2.75. The van der Waals surface area contributed by atoms with E-state index in [1.54, 1.807) is 47.3 Å². The van der Waals surface area contributed by atoms with Crippen molar-refractivity contribution in [1.82, 2.24) is 9.55 Å². The van der Waals surface area contributed by atoms with E-state index in [1.807, 2.05) is 13.1 Å². The number of hydrogen-bond acceptors (Lipinski definition) is 7. The number of aromatic nitrogens is 2. The van der Waals surface area contributed by atoms with E-state index in [4.69, 9.17) is 0 Å². The highest BCUT2D eigenvalue weighted by atomic mass is 32.2. The minimum atomic E-state index is -0.449. The van der Waals surface area contributed by atoms with Gasteiger partial charge in [-0.25, -0.2) is 4.98 Å². The van der Waals surface area contributed by atoms with E-state index in [1.165, 1.54) is 24.0 Å². The molecule has 2 aromatic carbocycles. The molecule has 0 saturated carbocycles. The van der Waals surface area contributed by atoms with Gasteiger partial charge in [-0.15, -0.1) is 5.10 Å². The van der Waals surface area contributed by atoms with E-state index in [0.717, 1.165) is 0 Å². The Morgan fingerprint density at radius 1 is 1.28 bits per heavy atom. The Hall–Kier alpha value is -3.79. The lowest BCUT2D eigenvalue weighted by Crippen LogP contribution is -2.13. The third-order valence-corrected chi connectivity index (χ3v) is 5.31. The van der Waals surface area contributed by atoms with Crippen LogP contribution in [-0.4, -0.2) is 32.3 Å². The number of carbonyl (C=O) groups is 1. The van der Waals surface area contributed by atoms with Crippen LogP contribution < -0.4 is 5.32 Å². The minimum Gasteiger partial charge on any atom is -0.329 e. The molecule has 0 unspecified atom stereocenters. The van der Waals surface area contributed by atoms with E-state index in [-0.39, 0.29) is 17.3 Å². The van der Waals surface area contributed by atoms with Crippen molar-refractivity contribution in [2.45, 2.75) is 10.1 Å². The number of nitrogens with one attached hydrogen (secondary N) is 1. The number of para-hydroxylation sites is 1. The zero-order chi connectivity index (χ0) is 20.4. The van der Waals surface area contributed by atoms with Crippen molar-refractivity contribution in [3.05, 3.63) is 76.1 Å². The Labute approximate surface area is 169 Å². The van der Waals surface area contributed by atoms with Crippen molar-refractivity contribution < 1.29 is 9.72 Å². The zero-order valence-corrected chi connectivity index (χ0v) is 16.0. The topological polar surface area (TPSA) is 115 Å². The smallest absolute Gasteiger partial charge is 0.283 e. The van der Waals surface area contributed by atoms with Crippen molar-refractivity contribution in [1.29, 1.82) is 0 Å². The fourth-order valence-corrected chi connectivity index (χ4v) is 3.64. The molecule has 9 nitrogen and oxygen atoms in total. The highest BCUT2D eigenvalue weighted by Gasteiger charge is 2.25. The van der Waals surface area contributed by atoms with Crippen LogP contribution in [0.1, 0.15) is 11.1 Å². The third-order valence-electron chi connectivity index (χ3n) is 4.17. The lowest BCUT2D eigenvalue weighted by molar-refractivity contribution is -0.387. The van der Waals surface area contributed by atoms with Crippen LogP contribution in [0.4, 0.5) is 11.4 Å². The van der Waals surface area contributed by atoms with Crippen LogP contribution in [-0.2, 0) is 11.8 Å². The normalized spacial score (nSPS) is 14.4. The second-order valence-electron chi connectivity index (χ2n) is 6.10. The Morgan fingerprint density at radius 3 is 2.86 bits per heavy atom. The van der Waals surface area contributed by atoms with Crippen molar-refractivity contribution in [2.24, 2.45) is 17.3 Å². The van der Waals surface area contributed by atoms with Crippen LogP contribution in [0.15, 0.2) is 75.1 Å². The van der Waals surface area contributed by atoms with E-state index in [9.17, 15) is 14.9 Å². The maximum Gasteiger partial charge on any atom is 0.283 e. The van der Waals surface area contributed by atoms with Crippen LogP contribution >= 0.6 is 11.8 Å². The summed E-state index contributed by atoms with van der Waals surface area (Å²) in [5.74, 6) is -0.337. The third kappa shape index (κ3) is 3.78. The molecule has 1 amide bonds. The van der Waals surface area contributed by atoms with Crippen LogP contribution in [0, 0.1) is 10.1 Å². The van der Waals surface area contributed by atoms with Crippen molar-refractivity contribution in [2.75, 3.05) is 5.32 Å². The number of hydrogen-bond donors (Lipinski definition) is 1. The van der Waals surface area contributed by atoms with Crippen molar-refractivity contribution in [3.63, 3.8) is 0 Å². The average molecular weight is 406 g/mol. The monoisotopic (exact) mass is 406 g/mol. The number of carbonyl (C=O) groups excluding carboxylic acids is 1. The Balaban J connectivity index is 1.59. The summed E-state index contributed by atoms with van der Waals surface area (Å²) in [5.41, 5.74) is 1.99. The molecule has 1 N–H and O–H groups in total. The molecule has 4 rings (SSSR count). The van der Waals surface area contributed by atoms with Gasteiger partial charge in [0.15, 0.2) is 10.9 Å². The molecule has 0 saturated heterocycles. The number of nitrogens with zero attached hydrogens (tertiary/aromatic N) is 5. The van der Waals surface area contributed by atoms with E-state index >= 15 is 0 Å². The molecule has 0 fully saturated rings. The molecule has 144 valence electrons. The zero-order valence-electron chi connectivity index (χ0n) is 15.1. The van der Waals surface area contributed by atoms with Gasteiger partial charge in [0, 0.05) is 36.6 Å². The van der Waals surface area contributed by atoms with Gasteiger partial charge in [0.2, 0.25) is 0 Å². The Bertz CT molecular complexity index is 1180. The molecule has 10 heteroatoms. The number of rotatable bonds is 5. The van der Waals surface area contributed by atoms with Crippen LogP contribution in [0.2, 0.25) is 0 Å². The van der Waals surface area contributed by atoms with Gasteiger partial charge in [-0.05, 0) is 23.9 Å². The van der Waals surface area contributed by atoms with Gasteiger partial charge in [-0.2, -0.15) is 5.10 Å². The molecular formula is C19H14N6O3S. The summed E-state index contributed by atoms with van der Waals surface area (Å²) in [6.07, 6.45) is 4.78. The highest BCUT2D eigenvalue weighted by molar-refractivity contribution is 7.99. The molecule has 2 heterocycles. The van der Waals surface area contributed by atoms with Crippen molar-refractivity contribution >= 4 is 41.0 Å². The number of imidazole rings is 1. The van der Waals surface area contributed by atoms with Crippen LogP contribution in [0.25, 0.3) is 0 Å². The molecule has 0 bridgehead atoms. The maximum atomic E-state index is 12.0. The fraction of sp³-hybridized carbons (Fsp3) is 0.0526. The maximum absolute atomic E-state index is 12.0. The number of nitro benzene ring substituents is 1. The lowest BCUT2D eigenvalue weighted by atomic mass is 10.1. The first-order valence-corrected chi connectivity index (χ1v) is 9.30. The van der Waals surface area contributed by atoms with E-state index < -0.39 is 4.92 Å². The summed E-state index contributed by atoms with van der Waals surface area (Å²) in [6.45, 7) is 0. The van der Waals surface area contributed by atoms with Crippen LogP contribution in [0.5, 0.6) is 0 Å². The molecule has 29 heavy (non-hydrogen) atoms. The number of fused-ring (bicyclic) bond motifs is 1. The Morgan fingerprint density at radius 2 is 2.10 bits per heavy atom. The summed E-state index contributed by atoms with van der Waals surface area (Å²) >= 11 is 1.21. The quantitative estimate of drug-likeness (QED) is 0.397. The van der Waals surface area contributed by atoms with Gasteiger partial charge >= 0.3 is 0 Å². The number of anilines is 1. The predicted octanol–water partition coefficient (Wildman–Crippen LogP) is 3.25. The molecule has 1 aromatic heterocycles. The average Bonchev–Trinajstić information content (AvgIpc) is 3.25. The molecule has 0 spiro atoms. The summed E-state index contributed by atoms with van der Waals surface area (Å²) in [6, 6.07) is 11.9. The predicted molar refractivity (Wildman–Crippen MR) is 110 cm³/mol. The summed E-state index contributed by atoms with van der Waals surface area (Å²) in [7, 11) is 1.82. The van der Waals surface area contributed by atoms with E-state index in [0.29, 0.717) is 26.9 Å². The highest BCUT2D eigenvalue weighted by Crippen LogP contribution is 2.34. The minimum absolute atomic E-state index is 0.0569. The first kappa shape index (κ1) is 18.6. The van der Waals surface area contributed by atoms with Gasteiger partial charge in [-0.3, -0.25) is 14.9 Å². The van der Waals surface area contributed by atoms with Gasteiger partial charge in [-0.1, -0.05) is 24.3 Å². The number of benzene rings is 2. The van der Waals surface area contributed by atoms with E-state index in [2.05, 4.69) is 20.5 Å². The van der Waals surface area contributed by atoms with Gasteiger partial charge < -0.3 is 9.88 Å². The molecule has 0 atom stereocenters. The van der Waals surface area contributed by atoms with Crippen LogP contribution in [0.3, 0.4) is 0 Å². The second kappa shape index (κ2) is 7.68. The van der Waals surface area contributed by atoms with Gasteiger partial charge in [0.1, 0.15) is 0 Å². The largest absolute Gasteiger partial charge is 0.329 e. The molecule has 1 aliphatic heterocycles. The first-order valence-electron chi connectivity index (χ1n) is 8.48. The van der Waals surface area contributed by atoms with Gasteiger partial charge in [0.05, 0.1) is 21.7 Å². The summed E-state index contributed by atoms with van der Waals surface area (Å²) in [5, 5.41) is 22.8. The molecule has 0 radical (unpaired) electrons. The Kier molecular flexibility index (Phi) is 4.92. The first-order chi connectivity index (χ1) is 14.0. The number of aryl methyl sites for hydroxylation is 1. The van der Waals surface area contributed by atoms with Crippen molar-refractivity contribution in [3.8, 4) is 0 Å². The molecule has 0 aliphatic carbocycles. The lowest BCUT2D eigenvalue weighted by Gasteiger charge is -2.03.